The lowest BCUT2D eigenvalue weighted by molar-refractivity contribution is 0.517. The normalized spacial score (nSPS) is 12.4. The predicted octanol–water partition coefficient (Wildman–Crippen LogP) is 4.64. The molecule has 21 heavy (non-hydrogen) atoms. The van der Waals surface area contributed by atoms with Gasteiger partial charge in [0.1, 0.15) is 0 Å². The Hall–Kier alpha value is -1.38. The molecular formula is C18H23ClN2. The van der Waals surface area contributed by atoms with E-state index in [1.54, 1.807) is 6.20 Å². The van der Waals surface area contributed by atoms with Crippen molar-refractivity contribution in [3.63, 3.8) is 0 Å². The molecule has 0 aliphatic heterocycles. The van der Waals surface area contributed by atoms with Gasteiger partial charge in [0, 0.05) is 6.20 Å². The highest BCUT2D eigenvalue weighted by Gasteiger charge is 2.13. The Balaban J connectivity index is 2.21. The third kappa shape index (κ3) is 4.83. The molecule has 2 aromatic rings. The Labute approximate surface area is 132 Å². The lowest BCUT2D eigenvalue weighted by atomic mass is 9.99. The van der Waals surface area contributed by atoms with E-state index in [0.29, 0.717) is 5.02 Å². The maximum absolute atomic E-state index is 5.94. The molecule has 1 aromatic carbocycles. The van der Waals surface area contributed by atoms with Gasteiger partial charge in [0.25, 0.3) is 0 Å². The van der Waals surface area contributed by atoms with Crippen LogP contribution in [-0.2, 0) is 6.42 Å². The summed E-state index contributed by atoms with van der Waals surface area (Å²) in [5.74, 6) is 0. The highest BCUT2D eigenvalue weighted by Crippen LogP contribution is 2.20. The quantitative estimate of drug-likeness (QED) is 0.841. The minimum absolute atomic E-state index is 0.225. The van der Waals surface area contributed by atoms with E-state index >= 15 is 0 Å². The molecule has 0 fully saturated rings. The van der Waals surface area contributed by atoms with Crippen LogP contribution in [0.15, 0.2) is 36.5 Å². The first-order chi connectivity index (χ1) is 10.1. The smallest absolute Gasteiger partial charge is 0.0589 e. The minimum atomic E-state index is 0.225. The van der Waals surface area contributed by atoms with E-state index in [4.69, 9.17) is 11.6 Å². The summed E-state index contributed by atoms with van der Waals surface area (Å²) in [5, 5.41) is 4.27. The summed E-state index contributed by atoms with van der Waals surface area (Å²) in [6, 6.07) is 10.9. The summed E-state index contributed by atoms with van der Waals surface area (Å²) >= 11 is 5.94. The van der Waals surface area contributed by atoms with Crippen LogP contribution in [0.4, 0.5) is 0 Å². The van der Waals surface area contributed by atoms with Crippen LogP contribution in [-0.4, -0.2) is 11.5 Å². The van der Waals surface area contributed by atoms with Crippen molar-refractivity contribution in [2.75, 3.05) is 6.54 Å². The van der Waals surface area contributed by atoms with Crippen LogP contribution in [0.3, 0.4) is 0 Å². The number of nitrogens with zero attached hydrogens (tertiary/aromatic N) is 1. The van der Waals surface area contributed by atoms with Gasteiger partial charge < -0.3 is 5.32 Å². The molecule has 0 saturated carbocycles. The molecule has 1 atom stereocenters. The van der Waals surface area contributed by atoms with E-state index in [1.807, 2.05) is 12.1 Å². The van der Waals surface area contributed by atoms with Gasteiger partial charge in [0.15, 0.2) is 0 Å². The number of aryl methyl sites for hydroxylation is 2. The molecule has 1 unspecified atom stereocenters. The van der Waals surface area contributed by atoms with Gasteiger partial charge in [-0.25, -0.2) is 0 Å². The van der Waals surface area contributed by atoms with Crippen molar-refractivity contribution in [2.24, 2.45) is 0 Å². The zero-order valence-electron chi connectivity index (χ0n) is 13.0. The summed E-state index contributed by atoms with van der Waals surface area (Å²) in [6.45, 7) is 7.45. The molecule has 0 aliphatic carbocycles. The van der Waals surface area contributed by atoms with Gasteiger partial charge in [-0.1, -0.05) is 47.9 Å². The largest absolute Gasteiger partial charge is 0.308 e. The Morgan fingerprint density at radius 3 is 2.43 bits per heavy atom. The highest BCUT2D eigenvalue weighted by atomic mass is 35.5. The number of pyridine rings is 1. The molecule has 0 amide bonds. The van der Waals surface area contributed by atoms with Gasteiger partial charge in [-0.15, -0.1) is 0 Å². The summed E-state index contributed by atoms with van der Waals surface area (Å²) in [7, 11) is 0. The van der Waals surface area contributed by atoms with Gasteiger partial charge in [0.05, 0.1) is 16.8 Å². The lowest BCUT2D eigenvalue weighted by Crippen LogP contribution is -2.25. The number of hydrogen-bond donors (Lipinski definition) is 1. The summed E-state index contributed by atoms with van der Waals surface area (Å²) in [4.78, 5) is 4.48. The topological polar surface area (TPSA) is 24.9 Å². The molecule has 0 saturated heterocycles. The van der Waals surface area contributed by atoms with Crippen LogP contribution in [0, 0.1) is 13.8 Å². The number of aromatic nitrogens is 1. The van der Waals surface area contributed by atoms with E-state index in [1.165, 1.54) is 16.7 Å². The molecule has 2 nitrogen and oxygen atoms in total. The fourth-order valence-corrected chi connectivity index (χ4v) is 2.73. The average molecular weight is 303 g/mol. The zero-order chi connectivity index (χ0) is 15.2. The minimum Gasteiger partial charge on any atom is -0.308 e. The second kappa shape index (κ2) is 7.58. The first kappa shape index (κ1) is 16.0. The molecule has 0 radical (unpaired) electrons. The van der Waals surface area contributed by atoms with Gasteiger partial charge >= 0.3 is 0 Å². The van der Waals surface area contributed by atoms with E-state index in [9.17, 15) is 0 Å². The molecule has 1 aromatic heterocycles. The van der Waals surface area contributed by atoms with E-state index in [2.05, 4.69) is 49.3 Å². The SMILES string of the molecule is CCCNC(Cc1cc(C)cc(C)c1)c1ccc(Cl)cn1. The fourth-order valence-electron chi connectivity index (χ4n) is 2.62. The molecule has 2 rings (SSSR count). The van der Waals surface area contributed by atoms with Crippen molar-refractivity contribution in [3.05, 3.63) is 63.9 Å². The van der Waals surface area contributed by atoms with Gasteiger partial charge in [-0.2, -0.15) is 0 Å². The molecule has 0 bridgehead atoms. The second-order valence-corrected chi connectivity index (χ2v) is 6.04. The third-order valence-corrected chi connectivity index (χ3v) is 3.69. The lowest BCUT2D eigenvalue weighted by Gasteiger charge is -2.19. The number of halogens is 1. The first-order valence-corrected chi connectivity index (χ1v) is 7.88. The van der Waals surface area contributed by atoms with Crippen LogP contribution in [0.5, 0.6) is 0 Å². The Morgan fingerprint density at radius 1 is 1.14 bits per heavy atom. The molecule has 1 N–H and O–H groups in total. The third-order valence-electron chi connectivity index (χ3n) is 3.47. The van der Waals surface area contributed by atoms with Gasteiger partial charge in [-0.05, 0) is 50.9 Å². The maximum atomic E-state index is 5.94. The zero-order valence-corrected chi connectivity index (χ0v) is 13.7. The summed E-state index contributed by atoms with van der Waals surface area (Å²) in [5.41, 5.74) is 5.01. The Kier molecular flexibility index (Phi) is 5.77. The maximum Gasteiger partial charge on any atom is 0.0589 e. The number of rotatable bonds is 6. The van der Waals surface area contributed by atoms with Crippen molar-refractivity contribution in [1.82, 2.24) is 10.3 Å². The highest BCUT2D eigenvalue weighted by molar-refractivity contribution is 6.30. The second-order valence-electron chi connectivity index (χ2n) is 5.61. The van der Waals surface area contributed by atoms with Crippen molar-refractivity contribution >= 4 is 11.6 Å². The van der Waals surface area contributed by atoms with Crippen LogP contribution in [0.2, 0.25) is 5.02 Å². The number of nitrogens with one attached hydrogen (secondary N) is 1. The molecule has 3 heteroatoms. The van der Waals surface area contributed by atoms with E-state index in [-0.39, 0.29) is 6.04 Å². The van der Waals surface area contributed by atoms with Gasteiger partial charge in [0.2, 0.25) is 0 Å². The van der Waals surface area contributed by atoms with Crippen molar-refractivity contribution < 1.29 is 0 Å². The Bertz CT molecular complexity index is 558. The molecule has 0 spiro atoms. The number of hydrogen-bond acceptors (Lipinski definition) is 2. The van der Waals surface area contributed by atoms with Crippen LogP contribution in [0.1, 0.15) is 41.8 Å². The first-order valence-electron chi connectivity index (χ1n) is 7.50. The fraction of sp³-hybridized carbons (Fsp3) is 0.389. The molecule has 112 valence electrons. The van der Waals surface area contributed by atoms with Gasteiger partial charge in [-0.3, -0.25) is 4.98 Å². The molecular weight excluding hydrogens is 280 g/mol. The Morgan fingerprint density at radius 2 is 1.86 bits per heavy atom. The van der Waals surface area contributed by atoms with E-state index < -0.39 is 0 Å². The van der Waals surface area contributed by atoms with E-state index in [0.717, 1.165) is 25.1 Å². The van der Waals surface area contributed by atoms with Crippen LogP contribution in [0.25, 0.3) is 0 Å². The molecule has 0 aliphatic rings. The predicted molar refractivity (Wildman–Crippen MR) is 89.9 cm³/mol. The molecule has 1 heterocycles. The van der Waals surface area contributed by atoms with Crippen molar-refractivity contribution in [2.45, 2.75) is 39.7 Å². The average Bonchev–Trinajstić information content (AvgIpc) is 2.43. The monoisotopic (exact) mass is 302 g/mol. The van der Waals surface area contributed by atoms with Crippen LogP contribution >= 0.6 is 11.6 Å². The van der Waals surface area contributed by atoms with Crippen molar-refractivity contribution in [1.29, 1.82) is 0 Å². The standard InChI is InChI=1S/C18H23ClN2/c1-4-7-20-18(17-6-5-16(19)12-21-17)11-15-9-13(2)8-14(3)10-15/h5-6,8-10,12,18,20H,4,7,11H2,1-3H3. The summed E-state index contributed by atoms with van der Waals surface area (Å²) in [6.07, 6.45) is 3.77. The van der Waals surface area contributed by atoms with Crippen molar-refractivity contribution in [3.8, 4) is 0 Å². The summed E-state index contributed by atoms with van der Waals surface area (Å²) < 4.78 is 0. The van der Waals surface area contributed by atoms with Crippen LogP contribution < -0.4 is 5.32 Å². The number of benzene rings is 1.